The quantitative estimate of drug-likeness (QED) is 0.328. The van der Waals surface area contributed by atoms with Gasteiger partial charge in [-0.15, -0.1) is 0 Å². The van der Waals surface area contributed by atoms with Gasteiger partial charge in [0.05, 0.1) is 21.8 Å². The number of sulfonamides is 1. The number of hydrogen-bond donors (Lipinski definition) is 2. The largest absolute Gasteiger partial charge is 0.345 e. The van der Waals surface area contributed by atoms with E-state index in [-0.39, 0.29) is 5.56 Å². The van der Waals surface area contributed by atoms with Gasteiger partial charge >= 0.3 is 0 Å². The first-order valence-corrected chi connectivity index (χ1v) is 11.9. The molecule has 8 nitrogen and oxygen atoms in total. The Morgan fingerprint density at radius 1 is 1.08 bits per heavy atom. The SMILES string of the molecule is Cn1ccc(-c2cnc3[nH]cc(C(=O)c4c(F)ccc(NS(=O)(=O)c5cccc(F)c5)c4F)c3c2)n1. The predicted octanol–water partition coefficient (Wildman–Crippen LogP) is 4.41. The second-order valence-corrected chi connectivity index (χ2v) is 9.56. The number of anilines is 1. The number of benzene rings is 2. The highest BCUT2D eigenvalue weighted by Gasteiger charge is 2.26. The van der Waals surface area contributed by atoms with Gasteiger partial charge in [-0.25, -0.2) is 26.6 Å². The Hall–Kier alpha value is -4.45. The Morgan fingerprint density at radius 3 is 2.61 bits per heavy atom. The molecule has 0 aliphatic rings. The van der Waals surface area contributed by atoms with Crippen molar-refractivity contribution in [3.8, 4) is 11.3 Å². The first-order chi connectivity index (χ1) is 17.1. The molecule has 0 aliphatic carbocycles. The van der Waals surface area contributed by atoms with Crippen molar-refractivity contribution in [1.29, 1.82) is 0 Å². The summed E-state index contributed by atoms with van der Waals surface area (Å²) in [5, 5.41) is 4.58. The summed E-state index contributed by atoms with van der Waals surface area (Å²) in [5.74, 6) is -4.44. The fourth-order valence-corrected chi connectivity index (χ4v) is 4.80. The molecule has 0 amide bonds. The lowest BCUT2D eigenvalue weighted by Crippen LogP contribution is -2.16. The monoisotopic (exact) mass is 511 g/mol. The van der Waals surface area contributed by atoms with Crippen LogP contribution in [0.25, 0.3) is 22.3 Å². The number of nitrogens with zero attached hydrogens (tertiary/aromatic N) is 3. The Morgan fingerprint density at radius 2 is 1.89 bits per heavy atom. The van der Waals surface area contributed by atoms with Gasteiger partial charge in [-0.05, 0) is 42.5 Å². The number of hydrogen-bond acceptors (Lipinski definition) is 5. The first-order valence-electron chi connectivity index (χ1n) is 10.4. The highest BCUT2D eigenvalue weighted by Crippen LogP contribution is 2.30. The summed E-state index contributed by atoms with van der Waals surface area (Å²) < 4.78 is 72.3. The van der Waals surface area contributed by atoms with Crippen molar-refractivity contribution in [3.63, 3.8) is 0 Å². The number of aromatic nitrogens is 4. The van der Waals surface area contributed by atoms with Gasteiger partial charge in [0, 0.05) is 42.2 Å². The third kappa shape index (κ3) is 4.11. The molecule has 36 heavy (non-hydrogen) atoms. The predicted molar refractivity (Wildman–Crippen MR) is 125 cm³/mol. The van der Waals surface area contributed by atoms with Crippen LogP contribution in [0.4, 0.5) is 18.9 Å². The summed E-state index contributed by atoms with van der Waals surface area (Å²) in [6, 6.07) is 9.03. The number of carbonyl (C=O) groups is 1. The number of pyridine rings is 1. The second-order valence-electron chi connectivity index (χ2n) is 7.87. The summed E-state index contributed by atoms with van der Waals surface area (Å²) in [6.45, 7) is 0. The van der Waals surface area contributed by atoms with Crippen molar-refractivity contribution in [2.45, 2.75) is 4.90 Å². The topological polar surface area (TPSA) is 110 Å². The smallest absolute Gasteiger partial charge is 0.262 e. The standard InChI is InChI=1S/C24H16F3N5O3S/c1-32-8-7-19(30-32)13-9-16-17(12-29-24(16)28-11-13)23(33)21-18(26)5-6-20(22(21)27)31-36(34,35)15-4-2-3-14(25)10-15/h2-12,31H,1H3,(H,28,29). The van der Waals surface area contributed by atoms with Gasteiger partial charge in [0.1, 0.15) is 17.3 Å². The molecule has 0 radical (unpaired) electrons. The third-order valence-electron chi connectivity index (χ3n) is 5.45. The summed E-state index contributed by atoms with van der Waals surface area (Å²) in [5.41, 5.74) is -0.235. The molecule has 0 fully saturated rings. The van der Waals surface area contributed by atoms with E-state index in [1.54, 1.807) is 36.3 Å². The summed E-state index contributed by atoms with van der Waals surface area (Å²) >= 11 is 0. The minimum Gasteiger partial charge on any atom is -0.345 e. The van der Waals surface area contributed by atoms with Gasteiger partial charge in [0.25, 0.3) is 10.0 Å². The van der Waals surface area contributed by atoms with E-state index < -0.39 is 49.4 Å². The molecule has 0 aliphatic heterocycles. The van der Waals surface area contributed by atoms with Crippen molar-refractivity contribution in [2.24, 2.45) is 7.05 Å². The summed E-state index contributed by atoms with van der Waals surface area (Å²) in [4.78, 5) is 19.8. The fraction of sp³-hybridized carbons (Fsp3) is 0.0417. The lowest BCUT2D eigenvalue weighted by atomic mass is 10.0. The maximum atomic E-state index is 15.3. The van der Waals surface area contributed by atoms with Crippen molar-refractivity contribution >= 4 is 32.5 Å². The molecule has 3 aromatic heterocycles. The second kappa shape index (κ2) is 8.64. The van der Waals surface area contributed by atoms with Gasteiger partial charge in [-0.3, -0.25) is 14.2 Å². The molecule has 0 saturated carbocycles. The number of halogens is 3. The van der Waals surface area contributed by atoms with Crippen molar-refractivity contribution < 1.29 is 26.4 Å². The Balaban J connectivity index is 1.55. The number of H-pyrrole nitrogens is 1. The average Bonchev–Trinajstić information content (AvgIpc) is 3.46. The molecule has 0 atom stereocenters. The Bertz CT molecular complexity index is 1760. The van der Waals surface area contributed by atoms with E-state index >= 15 is 4.39 Å². The highest BCUT2D eigenvalue weighted by molar-refractivity contribution is 7.92. The molecule has 2 N–H and O–H groups in total. The molecular weight excluding hydrogens is 495 g/mol. The molecule has 12 heteroatoms. The van der Waals surface area contributed by atoms with Crippen molar-refractivity contribution in [1.82, 2.24) is 19.7 Å². The molecule has 0 saturated heterocycles. The van der Waals surface area contributed by atoms with Gasteiger partial charge in [-0.2, -0.15) is 5.10 Å². The lowest BCUT2D eigenvalue weighted by molar-refractivity contribution is 0.103. The molecule has 0 spiro atoms. The van der Waals surface area contributed by atoms with Crippen LogP contribution in [-0.4, -0.2) is 33.9 Å². The number of aryl methyl sites for hydroxylation is 1. The maximum absolute atomic E-state index is 15.3. The van der Waals surface area contributed by atoms with Gasteiger partial charge in [0.2, 0.25) is 5.78 Å². The summed E-state index contributed by atoms with van der Waals surface area (Å²) in [6.07, 6.45) is 4.53. The zero-order valence-electron chi connectivity index (χ0n) is 18.5. The Kier molecular flexibility index (Phi) is 5.59. The minimum atomic E-state index is -4.43. The van der Waals surface area contributed by atoms with Gasteiger partial charge in [-0.1, -0.05) is 6.07 Å². The highest BCUT2D eigenvalue weighted by atomic mass is 32.2. The van der Waals surface area contributed by atoms with Crippen molar-refractivity contribution in [2.75, 3.05) is 4.72 Å². The Labute approximate surface area is 202 Å². The molecule has 5 aromatic rings. The number of fused-ring (bicyclic) bond motifs is 1. The zero-order valence-corrected chi connectivity index (χ0v) is 19.3. The molecule has 2 aromatic carbocycles. The van der Waals surface area contributed by atoms with E-state index in [0.717, 1.165) is 30.3 Å². The maximum Gasteiger partial charge on any atom is 0.262 e. The van der Waals surface area contributed by atoms with Crippen LogP contribution in [0.15, 0.2) is 72.0 Å². The molecule has 182 valence electrons. The molecule has 0 bridgehead atoms. The zero-order chi connectivity index (χ0) is 25.6. The van der Waals surface area contributed by atoms with Gasteiger partial charge in [0.15, 0.2) is 5.82 Å². The summed E-state index contributed by atoms with van der Waals surface area (Å²) in [7, 11) is -2.69. The van der Waals surface area contributed by atoms with Crippen LogP contribution in [0.2, 0.25) is 0 Å². The first kappa shape index (κ1) is 23.3. The van der Waals surface area contributed by atoms with Crippen LogP contribution < -0.4 is 4.72 Å². The van der Waals surface area contributed by atoms with E-state index in [9.17, 15) is 22.0 Å². The van der Waals surface area contributed by atoms with Crippen LogP contribution in [0, 0.1) is 17.5 Å². The van der Waals surface area contributed by atoms with Gasteiger partial charge < -0.3 is 4.98 Å². The number of nitrogens with one attached hydrogen (secondary N) is 2. The number of rotatable bonds is 6. The molecular formula is C24H16F3N5O3S. The molecule has 0 unspecified atom stereocenters. The van der Waals surface area contributed by atoms with E-state index in [2.05, 4.69) is 15.1 Å². The number of carbonyl (C=O) groups excluding carboxylic acids is 1. The van der Waals surface area contributed by atoms with E-state index in [4.69, 9.17) is 0 Å². The van der Waals surface area contributed by atoms with Crippen LogP contribution in [-0.2, 0) is 17.1 Å². The fourth-order valence-electron chi connectivity index (χ4n) is 3.71. The number of aromatic amines is 1. The van der Waals surface area contributed by atoms with E-state index in [1.165, 1.54) is 12.3 Å². The normalized spacial score (nSPS) is 11.7. The van der Waals surface area contributed by atoms with Crippen LogP contribution >= 0.6 is 0 Å². The number of ketones is 1. The average molecular weight is 511 g/mol. The third-order valence-corrected chi connectivity index (χ3v) is 6.82. The molecule has 3 heterocycles. The molecule has 5 rings (SSSR count). The van der Waals surface area contributed by atoms with Crippen LogP contribution in [0.5, 0.6) is 0 Å². The minimum absolute atomic E-state index is 0.0711. The van der Waals surface area contributed by atoms with E-state index in [0.29, 0.717) is 22.3 Å². The van der Waals surface area contributed by atoms with E-state index in [1.807, 2.05) is 4.72 Å². The lowest BCUT2D eigenvalue weighted by Gasteiger charge is -2.12. The van der Waals surface area contributed by atoms with Crippen LogP contribution in [0.3, 0.4) is 0 Å². The van der Waals surface area contributed by atoms with Crippen molar-refractivity contribution in [3.05, 3.63) is 95.7 Å². The van der Waals surface area contributed by atoms with Crippen LogP contribution in [0.1, 0.15) is 15.9 Å².